The first-order chi connectivity index (χ1) is 7.81. The average Bonchev–Trinajstić information content (AvgIpc) is 2.80. The van der Waals surface area contributed by atoms with Crippen LogP contribution in [0.1, 0.15) is 25.3 Å². The van der Waals surface area contributed by atoms with Gasteiger partial charge >= 0.3 is 0 Å². The van der Waals surface area contributed by atoms with E-state index in [1.807, 2.05) is 12.3 Å². The molecule has 3 heteroatoms. The number of aromatic nitrogens is 1. The summed E-state index contributed by atoms with van der Waals surface area (Å²) in [5.74, 6) is 1.14. The molecular formula is C13H21N3. The predicted octanol–water partition coefficient (Wildman–Crippen LogP) is 1.97. The van der Waals surface area contributed by atoms with Gasteiger partial charge in [-0.05, 0) is 44.9 Å². The number of rotatable bonds is 4. The normalized spacial score (nSPS) is 20.0. The molecule has 2 heterocycles. The van der Waals surface area contributed by atoms with Crippen LogP contribution in [0.5, 0.6) is 0 Å². The van der Waals surface area contributed by atoms with Gasteiger partial charge in [0.2, 0.25) is 0 Å². The summed E-state index contributed by atoms with van der Waals surface area (Å²) < 4.78 is 0. The number of pyridine rings is 1. The Morgan fingerprint density at radius 3 is 3.06 bits per heavy atom. The highest BCUT2D eigenvalue weighted by Crippen LogP contribution is 2.17. The number of nitrogens with zero attached hydrogens (tertiary/aromatic N) is 2. The fourth-order valence-electron chi connectivity index (χ4n) is 2.35. The van der Waals surface area contributed by atoms with Crippen LogP contribution in [0.4, 0.5) is 5.82 Å². The third kappa shape index (κ3) is 2.53. The molecule has 0 bridgehead atoms. The minimum Gasteiger partial charge on any atom is -0.355 e. The van der Waals surface area contributed by atoms with Gasteiger partial charge in [-0.2, -0.15) is 0 Å². The molecule has 3 nitrogen and oxygen atoms in total. The predicted molar refractivity (Wildman–Crippen MR) is 67.9 cm³/mol. The minimum absolute atomic E-state index is 0.640. The van der Waals surface area contributed by atoms with E-state index in [1.165, 1.54) is 24.9 Å². The minimum atomic E-state index is 0.640. The Kier molecular flexibility index (Phi) is 3.78. The molecule has 0 aromatic carbocycles. The van der Waals surface area contributed by atoms with Gasteiger partial charge in [0.1, 0.15) is 5.82 Å². The van der Waals surface area contributed by atoms with Crippen LogP contribution in [0, 0.1) is 6.92 Å². The Hall–Kier alpha value is -1.09. The van der Waals surface area contributed by atoms with Crippen LogP contribution in [0.2, 0.25) is 0 Å². The fourth-order valence-corrected chi connectivity index (χ4v) is 2.35. The summed E-state index contributed by atoms with van der Waals surface area (Å²) in [6, 6.07) is 4.77. The molecule has 1 aliphatic heterocycles. The maximum Gasteiger partial charge on any atom is 0.131 e. The summed E-state index contributed by atoms with van der Waals surface area (Å²) in [6.07, 6.45) is 4.48. The lowest BCUT2D eigenvalue weighted by molar-refractivity contribution is 0.583. The van der Waals surface area contributed by atoms with Gasteiger partial charge in [0, 0.05) is 25.3 Å². The van der Waals surface area contributed by atoms with Gasteiger partial charge < -0.3 is 10.2 Å². The summed E-state index contributed by atoms with van der Waals surface area (Å²) in [6.45, 7) is 7.60. The van der Waals surface area contributed by atoms with Crippen LogP contribution < -0.4 is 10.2 Å². The van der Waals surface area contributed by atoms with Crippen LogP contribution in [0.3, 0.4) is 0 Å². The van der Waals surface area contributed by atoms with Crippen LogP contribution in [-0.4, -0.2) is 30.7 Å². The van der Waals surface area contributed by atoms with Crippen molar-refractivity contribution in [2.45, 2.75) is 32.7 Å². The molecule has 1 atom stereocenters. The highest BCUT2D eigenvalue weighted by molar-refractivity contribution is 5.45. The molecule has 0 aliphatic carbocycles. The van der Waals surface area contributed by atoms with Gasteiger partial charge in [0.15, 0.2) is 0 Å². The van der Waals surface area contributed by atoms with Crippen LogP contribution in [0.15, 0.2) is 18.3 Å². The van der Waals surface area contributed by atoms with E-state index in [1.54, 1.807) is 0 Å². The summed E-state index contributed by atoms with van der Waals surface area (Å²) in [4.78, 5) is 6.86. The first-order valence-electron chi connectivity index (χ1n) is 6.21. The van der Waals surface area contributed by atoms with Crippen LogP contribution >= 0.6 is 0 Å². The molecule has 1 N–H and O–H groups in total. The molecule has 0 spiro atoms. The lowest BCUT2D eigenvalue weighted by Gasteiger charge is -2.26. The van der Waals surface area contributed by atoms with E-state index < -0.39 is 0 Å². The van der Waals surface area contributed by atoms with Crippen molar-refractivity contribution in [2.24, 2.45) is 0 Å². The topological polar surface area (TPSA) is 28.2 Å². The second-order valence-corrected chi connectivity index (χ2v) is 4.48. The first kappa shape index (κ1) is 11.4. The van der Waals surface area contributed by atoms with E-state index in [0.717, 1.165) is 18.9 Å². The second-order valence-electron chi connectivity index (χ2n) is 4.48. The Bertz CT molecular complexity index is 332. The average molecular weight is 219 g/mol. The van der Waals surface area contributed by atoms with E-state index in [9.17, 15) is 0 Å². The highest BCUT2D eigenvalue weighted by atomic mass is 15.2. The lowest BCUT2D eigenvalue weighted by atomic mass is 10.2. The van der Waals surface area contributed by atoms with E-state index >= 15 is 0 Å². The first-order valence-corrected chi connectivity index (χ1v) is 6.21. The molecule has 88 valence electrons. The zero-order valence-electron chi connectivity index (χ0n) is 10.2. The summed E-state index contributed by atoms with van der Waals surface area (Å²) >= 11 is 0. The molecule has 1 aromatic heterocycles. The summed E-state index contributed by atoms with van der Waals surface area (Å²) in [5, 5.41) is 3.54. The molecular weight excluding hydrogens is 198 g/mol. The van der Waals surface area contributed by atoms with Gasteiger partial charge in [-0.1, -0.05) is 6.07 Å². The van der Waals surface area contributed by atoms with Crippen molar-refractivity contribution in [1.82, 2.24) is 10.3 Å². The molecule has 0 amide bonds. The van der Waals surface area contributed by atoms with Crippen molar-refractivity contribution < 1.29 is 0 Å². The molecule has 0 saturated carbocycles. The van der Waals surface area contributed by atoms with Crippen molar-refractivity contribution in [2.75, 3.05) is 24.5 Å². The Balaban J connectivity index is 2.06. The molecule has 0 radical (unpaired) electrons. The number of likely N-dealkylation sites (N-methyl/N-ethyl adjacent to an activating group) is 1. The summed E-state index contributed by atoms with van der Waals surface area (Å²) in [7, 11) is 0. The van der Waals surface area contributed by atoms with Crippen molar-refractivity contribution in [1.29, 1.82) is 0 Å². The van der Waals surface area contributed by atoms with Gasteiger partial charge in [0.05, 0.1) is 0 Å². The van der Waals surface area contributed by atoms with Gasteiger partial charge in [-0.15, -0.1) is 0 Å². The van der Waals surface area contributed by atoms with Gasteiger partial charge in [0.25, 0.3) is 0 Å². The summed E-state index contributed by atoms with van der Waals surface area (Å²) in [5.41, 5.74) is 1.27. The maximum atomic E-state index is 4.49. The van der Waals surface area contributed by atoms with Crippen molar-refractivity contribution >= 4 is 5.82 Å². The molecule has 1 aliphatic rings. The lowest BCUT2D eigenvalue weighted by Crippen LogP contribution is -2.38. The number of hydrogen-bond acceptors (Lipinski definition) is 3. The smallest absolute Gasteiger partial charge is 0.131 e. The van der Waals surface area contributed by atoms with E-state index in [2.05, 4.69) is 35.1 Å². The van der Waals surface area contributed by atoms with E-state index in [-0.39, 0.29) is 0 Å². The SMILES string of the molecule is CCN(CC1CCCN1)c1ncccc1C. The number of anilines is 1. The van der Waals surface area contributed by atoms with E-state index in [0.29, 0.717) is 6.04 Å². The van der Waals surface area contributed by atoms with Crippen molar-refractivity contribution in [3.05, 3.63) is 23.9 Å². The standard InChI is InChI=1S/C13H21N3/c1-3-16(10-12-7-5-8-14-12)13-11(2)6-4-9-15-13/h4,6,9,12,14H,3,5,7-8,10H2,1-2H3. The van der Waals surface area contributed by atoms with Crippen LogP contribution in [-0.2, 0) is 0 Å². The van der Waals surface area contributed by atoms with Crippen molar-refractivity contribution in [3.63, 3.8) is 0 Å². The fraction of sp³-hybridized carbons (Fsp3) is 0.615. The Morgan fingerprint density at radius 2 is 2.44 bits per heavy atom. The molecule has 1 aromatic rings. The van der Waals surface area contributed by atoms with Crippen molar-refractivity contribution in [3.8, 4) is 0 Å². The third-order valence-electron chi connectivity index (χ3n) is 3.27. The zero-order chi connectivity index (χ0) is 11.4. The molecule has 1 fully saturated rings. The molecule has 2 rings (SSSR count). The number of nitrogens with one attached hydrogen (secondary N) is 1. The Labute approximate surface area is 97.9 Å². The number of hydrogen-bond donors (Lipinski definition) is 1. The maximum absolute atomic E-state index is 4.49. The van der Waals surface area contributed by atoms with Crippen LogP contribution in [0.25, 0.3) is 0 Å². The quantitative estimate of drug-likeness (QED) is 0.839. The Morgan fingerprint density at radius 1 is 1.56 bits per heavy atom. The largest absolute Gasteiger partial charge is 0.355 e. The van der Waals surface area contributed by atoms with Gasteiger partial charge in [-0.25, -0.2) is 4.98 Å². The highest BCUT2D eigenvalue weighted by Gasteiger charge is 2.18. The molecule has 16 heavy (non-hydrogen) atoms. The van der Waals surface area contributed by atoms with Gasteiger partial charge in [-0.3, -0.25) is 0 Å². The monoisotopic (exact) mass is 219 g/mol. The molecule has 1 unspecified atom stereocenters. The second kappa shape index (κ2) is 5.30. The van der Waals surface area contributed by atoms with E-state index in [4.69, 9.17) is 0 Å². The number of aryl methyl sites for hydroxylation is 1. The third-order valence-corrected chi connectivity index (χ3v) is 3.27. The zero-order valence-corrected chi connectivity index (χ0v) is 10.2. The molecule has 1 saturated heterocycles.